The van der Waals surface area contributed by atoms with Crippen molar-refractivity contribution in [3.05, 3.63) is 53.5 Å². The molecule has 3 rings (SSSR count). The number of nitrogens with zero attached hydrogens (tertiary/aromatic N) is 3. The Morgan fingerprint density at radius 1 is 1.33 bits per heavy atom. The van der Waals surface area contributed by atoms with Crippen LogP contribution >= 0.6 is 0 Å². The molecular weight excluding hydrogens is 304 g/mol. The number of carbonyl (C=O) groups is 1. The van der Waals surface area contributed by atoms with Gasteiger partial charge in [0.1, 0.15) is 17.7 Å². The van der Waals surface area contributed by atoms with Gasteiger partial charge in [-0.1, -0.05) is 30.3 Å². The van der Waals surface area contributed by atoms with Gasteiger partial charge in [-0.15, -0.1) is 0 Å². The first-order valence-corrected chi connectivity index (χ1v) is 8.16. The average molecular weight is 326 g/mol. The van der Waals surface area contributed by atoms with E-state index in [1.54, 1.807) is 13.0 Å². The number of nitrogen functional groups attached to an aromatic ring is 1. The van der Waals surface area contributed by atoms with Crippen LogP contribution in [0.2, 0.25) is 0 Å². The Labute approximate surface area is 141 Å². The Balaban J connectivity index is 1.61. The second-order valence-corrected chi connectivity index (χ2v) is 5.95. The summed E-state index contributed by atoms with van der Waals surface area (Å²) in [6.07, 6.45) is 1.01. The van der Waals surface area contributed by atoms with Crippen LogP contribution in [-0.2, 0) is 16.0 Å². The number of nitrogens with two attached hydrogens (primary N) is 1. The van der Waals surface area contributed by atoms with Crippen LogP contribution in [-0.4, -0.2) is 40.5 Å². The van der Waals surface area contributed by atoms with Gasteiger partial charge < -0.3 is 15.4 Å². The zero-order valence-electron chi connectivity index (χ0n) is 13.8. The van der Waals surface area contributed by atoms with E-state index in [0.717, 1.165) is 12.1 Å². The van der Waals surface area contributed by atoms with Gasteiger partial charge in [0.2, 0.25) is 5.91 Å². The third kappa shape index (κ3) is 4.08. The maximum absolute atomic E-state index is 12.5. The molecule has 0 bridgehead atoms. The molecule has 0 saturated carbocycles. The second kappa shape index (κ2) is 7.40. The lowest BCUT2D eigenvalue weighted by Crippen LogP contribution is -2.42. The van der Waals surface area contributed by atoms with Gasteiger partial charge in [-0.2, -0.15) is 0 Å². The Kier molecular flexibility index (Phi) is 5.05. The molecule has 6 nitrogen and oxygen atoms in total. The highest BCUT2D eigenvalue weighted by Gasteiger charge is 2.26. The van der Waals surface area contributed by atoms with Crippen LogP contribution in [0, 0.1) is 6.92 Å². The molecule has 1 atom stereocenters. The number of morpholine rings is 1. The molecule has 0 aliphatic carbocycles. The van der Waals surface area contributed by atoms with Crippen LogP contribution in [0.1, 0.15) is 29.6 Å². The average Bonchev–Trinajstić information content (AvgIpc) is 2.60. The Hall–Kier alpha value is -2.47. The molecule has 1 unspecified atom stereocenters. The minimum Gasteiger partial charge on any atom is -0.384 e. The Morgan fingerprint density at radius 2 is 2.12 bits per heavy atom. The number of ether oxygens (including phenoxy) is 1. The molecule has 2 aromatic rings. The van der Waals surface area contributed by atoms with Crippen molar-refractivity contribution >= 4 is 11.7 Å². The van der Waals surface area contributed by atoms with E-state index in [-0.39, 0.29) is 12.0 Å². The first kappa shape index (κ1) is 16.4. The number of hydrogen-bond acceptors (Lipinski definition) is 5. The molecule has 1 aromatic heterocycles. The fourth-order valence-electron chi connectivity index (χ4n) is 2.89. The molecule has 1 fully saturated rings. The van der Waals surface area contributed by atoms with E-state index in [4.69, 9.17) is 10.5 Å². The predicted molar refractivity (Wildman–Crippen MR) is 91.2 cm³/mol. The monoisotopic (exact) mass is 326 g/mol. The topological polar surface area (TPSA) is 81.3 Å². The maximum atomic E-state index is 12.5. The van der Waals surface area contributed by atoms with Crippen molar-refractivity contribution in [3.63, 3.8) is 0 Å². The van der Waals surface area contributed by atoms with Gasteiger partial charge in [-0.3, -0.25) is 4.79 Å². The van der Waals surface area contributed by atoms with E-state index in [9.17, 15) is 4.79 Å². The summed E-state index contributed by atoms with van der Waals surface area (Å²) in [7, 11) is 0. The number of rotatable bonds is 4. The van der Waals surface area contributed by atoms with Crippen molar-refractivity contribution < 1.29 is 9.53 Å². The number of amides is 1. The van der Waals surface area contributed by atoms with Crippen LogP contribution in [0.15, 0.2) is 36.4 Å². The van der Waals surface area contributed by atoms with Crippen LogP contribution in [0.4, 0.5) is 5.82 Å². The molecule has 1 aromatic carbocycles. The summed E-state index contributed by atoms with van der Waals surface area (Å²) in [5, 5.41) is 0. The number of aryl methyl sites for hydroxylation is 2. The normalized spacial score (nSPS) is 17.7. The molecule has 1 aliphatic rings. The zero-order chi connectivity index (χ0) is 16.9. The molecule has 1 saturated heterocycles. The summed E-state index contributed by atoms with van der Waals surface area (Å²) in [5.74, 6) is 1.18. The third-order valence-electron chi connectivity index (χ3n) is 4.10. The molecule has 126 valence electrons. The van der Waals surface area contributed by atoms with Crippen LogP contribution in [0.3, 0.4) is 0 Å². The number of aromatic nitrogens is 2. The molecule has 2 heterocycles. The number of hydrogen-bond donors (Lipinski definition) is 1. The summed E-state index contributed by atoms with van der Waals surface area (Å²) in [6.45, 7) is 3.42. The lowest BCUT2D eigenvalue weighted by molar-refractivity contribution is -0.139. The van der Waals surface area contributed by atoms with Gasteiger partial charge in [-0.25, -0.2) is 9.97 Å². The summed E-state index contributed by atoms with van der Waals surface area (Å²) in [5.41, 5.74) is 7.70. The van der Waals surface area contributed by atoms with Gasteiger partial charge >= 0.3 is 0 Å². The van der Waals surface area contributed by atoms with Crippen molar-refractivity contribution in [1.82, 2.24) is 14.9 Å². The fourth-order valence-corrected chi connectivity index (χ4v) is 2.89. The molecule has 0 radical (unpaired) electrons. The standard InChI is InChI=1S/C18H22N4O2/c1-13-20-15(11-17(19)21-13)16-12-22(9-10-24-16)18(23)8-7-14-5-3-2-4-6-14/h2-6,11,16H,7-10,12H2,1H3,(H2,19,20,21). The molecule has 2 N–H and O–H groups in total. The number of anilines is 1. The lowest BCUT2D eigenvalue weighted by Gasteiger charge is -2.33. The van der Waals surface area contributed by atoms with Gasteiger partial charge in [0, 0.05) is 19.0 Å². The van der Waals surface area contributed by atoms with E-state index in [1.165, 1.54) is 5.56 Å². The van der Waals surface area contributed by atoms with Gasteiger partial charge in [0.25, 0.3) is 0 Å². The molecule has 24 heavy (non-hydrogen) atoms. The van der Waals surface area contributed by atoms with Gasteiger partial charge in [0.15, 0.2) is 0 Å². The van der Waals surface area contributed by atoms with Crippen molar-refractivity contribution in [2.24, 2.45) is 0 Å². The quantitative estimate of drug-likeness (QED) is 0.928. The molecule has 6 heteroatoms. The summed E-state index contributed by atoms with van der Waals surface area (Å²) in [6, 6.07) is 11.8. The van der Waals surface area contributed by atoms with E-state index in [1.807, 2.05) is 35.2 Å². The number of benzene rings is 1. The van der Waals surface area contributed by atoms with Crippen LogP contribution < -0.4 is 5.73 Å². The van der Waals surface area contributed by atoms with E-state index < -0.39 is 0 Å². The van der Waals surface area contributed by atoms with Crippen molar-refractivity contribution in [3.8, 4) is 0 Å². The zero-order valence-corrected chi connectivity index (χ0v) is 13.8. The Bertz CT molecular complexity index is 685. The van der Waals surface area contributed by atoms with Crippen molar-refractivity contribution in [2.75, 3.05) is 25.4 Å². The van der Waals surface area contributed by atoms with E-state index in [0.29, 0.717) is 37.8 Å². The minimum atomic E-state index is -0.247. The van der Waals surface area contributed by atoms with E-state index in [2.05, 4.69) is 9.97 Å². The van der Waals surface area contributed by atoms with Crippen molar-refractivity contribution in [1.29, 1.82) is 0 Å². The largest absolute Gasteiger partial charge is 0.384 e. The van der Waals surface area contributed by atoms with Gasteiger partial charge in [-0.05, 0) is 18.9 Å². The first-order chi connectivity index (χ1) is 11.6. The smallest absolute Gasteiger partial charge is 0.223 e. The van der Waals surface area contributed by atoms with Gasteiger partial charge in [0.05, 0.1) is 18.8 Å². The maximum Gasteiger partial charge on any atom is 0.223 e. The predicted octanol–water partition coefficient (Wildman–Crippen LogP) is 1.90. The van der Waals surface area contributed by atoms with Crippen LogP contribution in [0.25, 0.3) is 0 Å². The molecular formula is C18H22N4O2. The lowest BCUT2D eigenvalue weighted by atomic mass is 10.1. The molecule has 0 spiro atoms. The highest BCUT2D eigenvalue weighted by molar-refractivity contribution is 5.76. The van der Waals surface area contributed by atoms with Crippen LogP contribution in [0.5, 0.6) is 0 Å². The minimum absolute atomic E-state index is 0.144. The number of carbonyl (C=O) groups excluding carboxylic acids is 1. The van der Waals surface area contributed by atoms with Crippen molar-refractivity contribution in [2.45, 2.75) is 25.9 Å². The summed E-state index contributed by atoms with van der Waals surface area (Å²) >= 11 is 0. The first-order valence-electron chi connectivity index (χ1n) is 8.16. The highest BCUT2D eigenvalue weighted by Crippen LogP contribution is 2.22. The summed E-state index contributed by atoms with van der Waals surface area (Å²) < 4.78 is 5.78. The summed E-state index contributed by atoms with van der Waals surface area (Å²) in [4.78, 5) is 22.8. The fraction of sp³-hybridized carbons (Fsp3) is 0.389. The Morgan fingerprint density at radius 3 is 2.88 bits per heavy atom. The highest BCUT2D eigenvalue weighted by atomic mass is 16.5. The molecule has 1 aliphatic heterocycles. The third-order valence-corrected chi connectivity index (χ3v) is 4.10. The molecule has 1 amide bonds. The second-order valence-electron chi connectivity index (χ2n) is 5.95. The SMILES string of the molecule is Cc1nc(N)cc(C2CN(C(=O)CCc3ccccc3)CCO2)n1. The van der Waals surface area contributed by atoms with E-state index >= 15 is 0 Å².